The number of benzene rings is 1. The highest BCUT2D eigenvalue weighted by Gasteiger charge is 2.36. The van der Waals surface area contributed by atoms with Gasteiger partial charge in [0.2, 0.25) is 0 Å². The topological polar surface area (TPSA) is 15.3 Å². The van der Waals surface area contributed by atoms with Crippen LogP contribution in [0, 0.1) is 0 Å². The molecule has 2 fully saturated rings. The molecule has 1 N–H and O–H groups in total. The van der Waals surface area contributed by atoms with E-state index in [1.165, 1.54) is 44.1 Å². The van der Waals surface area contributed by atoms with Gasteiger partial charge in [-0.3, -0.25) is 0 Å². The van der Waals surface area contributed by atoms with Crippen LogP contribution in [0.15, 0.2) is 30.3 Å². The summed E-state index contributed by atoms with van der Waals surface area (Å²) in [4.78, 5) is 2.68. The Hall–Kier alpha value is -0.860. The Morgan fingerprint density at radius 2 is 1.80 bits per heavy atom. The summed E-state index contributed by atoms with van der Waals surface area (Å²) in [6, 6.07) is 14.0. The van der Waals surface area contributed by atoms with E-state index < -0.39 is 0 Å². The van der Waals surface area contributed by atoms with E-state index in [-0.39, 0.29) is 0 Å². The second kappa shape index (κ2) is 6.28. The summed E-state index contributed by atoms with van der Waals surface area (Å²) in [7, 11) is 2.35. The zero-order valence-electron chi connectivity index (χ0n) is 12.9. The third-order valence-corrected chi connectivity index (χ3v) is 5.39. The predicted molar refractivity (Wildman–Crippen MR) is 85.0 cm³/mol. The highest BCUT2D eigenvalue weighted by atomic mass is 15.2. The molecule has 2 bridgehead atoms. The van der Waals surface area contributed by atoms with Crippen LogP contribution in [0.1, 0.15) is 44.6 Å². The van der Waals surface area contributed by atoms with E-state index in [1.54, 1.807) is 0 Å². The van der Waals surface area contributed by atoms with Gasteiger partial charge in [-0.2, -0.15) is 0 Å². The van der Waals surface area contributed by atoms with Crippen LogP contribution in [0.25, 0.3) is 0 Å². The summed E-state index contributed by atoms with van der Waals surface area (Å²) in [5, 5.41) is 3.76. The van der Waals surface area contributed by atoms with Gasteiger partial charge < -0.3 is 10.2 Å². The first-order valence-electron chi connectivity index (χ1n) is 8.28. The van der Waals surface area contributed by atoms with Gasteiger partial charge in [-0.1, -0.05) is 37.3 Å². The Kier molecular flexibility index (Phi) is 4.42. The van der Waals surface area contributed by atoms with Gasteiger partial charge in [-0.15, -0.1) is 0 Å². The first-order valence-corrected chi connectivity index (χ1v) is 8.28. The van der Waals surface area contributed by atoms with Crippen molar-refractivity contribution in [3.8, 4) is 0 Å². The van der Waals surface area contributed by atoms with Crippen LogP contribution in [0.3, 0.4) is 0 Å². The van der Waals surface area contributed by atoms with Gasteiger partial charge in [0.15, 0.2) is 0 Å². The van der Waals surface area contributed by atoms with Crippen LogP contribution in [0.5, 0.6) is 0 Å². The van der Waals surface area contributed by atoms with Crippen LogP contribution in [-0.2, 0) is 6.42 Å². The molecular formula is C18H28N2. The fourth-order valence-corrected chi connectivity index (χ4v) is 4.12. The Morgan fingerprint density at radius 1 is 1.15 bits per heavy atom. The van der Waals surface area contributed by atoms with Crippen molar-refractivity contribution in [2.24, 2.45) is 0 Å². The molecule has 0 radical (unpaired) electrons. The van der Waals surface area contributed by atoms with Gasteiger partial charge >= 0.3 is 0 Å². The highest BCUT2D eigenvalue weighted by Crippen LogP contribution is 2.30. The number of fused-ring (bicyclic) bond motifs is 2. The van der Waals surface area contributed by atoms with Crippen molar-refractivity contribution >= 4 is 0 Å². The van der Waals surface area contributed by atoms with Crippen molar-refractivity contribution in [2.45, 2.75) is 69.6 Å². The molecule has 0 spiro atoms. The molecule has 1 aromatic carbocycles. The first kappa shape index (κ1) is 14.1. The number of nitrogens with zero attached hydrogens (tertiary/aromatic N) is 1. The molecule has 110 valence electrons. The van der Waals surface area contributed by atoms with Gasteiger partial charge in [0, 0.05) is 24.2 Å². The molecule has 2 saturated heterocycles. The number of hydrogen-bond donors (Lipinski definition) is 1. The first-order chi connectivity index (χ1) is 9.76. The maximum Gasteiger partial charge on any atom is 0.0133 e. The lowest BCUT2D eigenvalue weighted by Crippen LogP contribution is -2.50. The fourth-order valence-electron chi connectivity index (χ4n) is 4.12. The van der Waals surface area contributed by atoms with E-state index in [1.807, 2.05) is 0 Å². The number of likely N-dealkylation sites (N-methyl/N-ethyl adjacent to an activating group) is 1. The van der Waals surface area contributed by atoms with Crippen LogP contribution in [-0.4, -0.2) is 36.1 Å². The zero-order valence-corrected chi connectivity index (χ0v) is 12.9. The predicted octanol–water partition coefficient (Wildman–Crippen LogP) is 3.22. The highest BCUT2D eigenvalue weighted by molar-refractivity contribution is 5.16. The molecule has 20 heavy (non-hydrogen) atoms. The lowest BCUT2D eigenvalue weighted by molar-refractivity contribution is 0.121. The third kappa shape index (κ3) is 3.07. The van der Waals surface area contributed by atoms with Crippen molar-refractivity contribution in [1.29, 1.82) is 0 Å². The Labute approximate surface area is 123 Å². The monoisotopic (exact) mass is 272 g/mol. The van der Waals surface area contributed by atoms with Gasteiger partial charge in [0.05, 0.1) is 0 Å². The third-order valence-electron chi connectivity index (χ3n) is 5.39. The summed E-state index contributed by atoms with van der Waals surface area (Å²) in [6.45, 7) is 2.33. The minimum Gasteiger partial charge on any atom is -0.311 e. The Morgan fingerprint density at radius 3 is 2.40 bits per heavy atom. The molecular weight excluding hydrogens is 244 g/mol. The van der Waals surface area contributed by atoms with Crippen molar-refractivity contribution < 1.29 is 0 Å². The van der Waals surface area contributed by atoms with Gasteiger partial charge in [0.25, 0.3) is 0 Å². The minimum absolute atomic E-state index is 0.680. The average Bonchev–Trinajstić information content (AvgIpc) is 2.83. The maximum absolute atomic E-state index is 3.76. The van der Waals surface area contributed by atoms with E-state index in [2.05, 4.69) is 54.5 Å². The summed E-state index contributed by atoms with van der Waals surface area (Å²) in [6.07, 6.45) is 7.91. The largest absolute Gasteiger partial charge is 0.311 e. The molecule has 3 unspecified atom stereocenters. The van der Waals surface area contributed by atoms with Crippen LogP contribution < -0.4 is 5.32 Å². The number of rotatable bonds is 5. The molecule has 2 heteroatoms. The second-order valence-electron chi connectivity index (χ2n) is 6.68. The molecule has 0 amide bonds. The van der Waals surface area contributed by atoms with E-state index in [0.717, 1.165) is 18.1 Å². The molecule has 0 aliphatic carbocycles. The molecule has 0 aromatic heterocycles. The Bertz CT molecular complexity index is 405. The van der Waals surface area contributed by atoms with E-state index >= 15 is 0 Å². The number of piperidine rings is 1. The van der Waals surface area contributed by atoms with Crippen molar-refractivity contribution in [3.63, 3.8) is 0 Å². The van der Waals surface area contributed by atoms with E-state index in [9.17, 15) is 0 Å². The molecule has 0 saturated carbocycles. The van der Waals surface area contributed by atoms with Gasteiger partial charge in [0.1, 0.15) is 0 Å². The molecule has 3 atom stereocenters. The maximum atomic E-state index is 3.76. The molecule has 2 aliphatic rings. The lowest BCUT2D eigenvalue weighted by Gasteiger charge is -2.40. The summed E-state index contributed by atoms with van der Waals surface area (Å²) in [5.74, 6) is 0. The summed E-state index contributed by atoms with van der Waals surface area (Å²) >= 11 is 0. The Balaban J connectivity index is 1.63. The zero-order chi connectivity index (χ0) is 13.9. The second-order valence-corrected chi connectivity index (χ2v) is 6.68. The van der Waals surface area contributed by atoms with Crippen LogP contribution >= 0.6 is 0 Å². The minimum atomic E-state index is 0.680. The number of hydrogen-bond acceptors (Lipinski definition) is 2. The van der Waals surface area contributed by atoms with Gasteiger partial charge in [-0.05, 0) is 51.1 Å². The molecule has 1 aromatic rings. The normalized spacial score (nSPS) is 30.6. The van der Waals surface area contributed by atoms with Crippen LogP contribution in [0.4, 0.5) is 0 Å². The van der Waals surface area contributed by atoms with E-state index in [4.69, 9.17) is 0 Å². The SMILES string of the molecule is CCC(Cc1ccccc1)N(C)C1CC2CCC(C1)N2. The molecule has 3 rings (SSSR count). The van der Waals surface area contributed by atoms with Crippen molar-refractivity contribution in [2.75, 3.05) is 7.05 Å². The van der Waals surface area contributed by atoms with Gasteiger partial charge in [-0.25, -0.2) is 0 Å². The van der Waals surface area contributed by atoms with Crippen molar-refractivity contribution in [1.82, 2.24) is 10.2 Å². The quantitative estimate of drug-likeness (QED) is 0.885. The van der Waals surface area contributed by atoms with Crippen LogP contribution in [0.2, 0.25) is 0 Å². The molecule has 2 aliphatic heterocycles. The van der Waals surface area contributed by atoms with E-state index in [0.29, 0.717) is 6.04 Å². The lowest BCUT2D eigenvalue weighted by atomic mass is 9.94. The molecule has 2 nitrogen and oxygen atoms in total. The average molecular weight is 272 g/mol. The smallest absolute Gasteiger partial charge is 0.0133 e. The van der Waals surface area contributed by atoms with Crippen molar-refractivity contribution in [3.05, 3.63) is 35.9 Å². The summed E-state index contributed by atoms with van der Waals surface area (Å²) in [5.41, 5.74) is 1.48. The standard InChI is InChI=1S/C18H28N2/c1-3-17(11-14-7-5-4-6-8-14)20(2)18-12-15-9-10-16(13-18)19-15/h4-8,15-19H,3,9-13H2,1-2H3. The number of nitrogens with one attached hydrogen (secondary N) is 1. The summed E-state index contributed by atoms with van der Waals surface area (Å²) < 4.78 is 0. The molecule has 2 heterocycles. The fraction of sp³-hybridized carbons (Fsp3) is 0.667.